The van der Waals surface area contributed by atoms with Gasteiger partial charge in [-0.3, -0.25) is 0 Å². The van der Waals surface area contributed by atoms with Gasteiger partial charge in [0.2, 0.25) is 0 Å². The van der Waals surface area contributed by atoms with Crippen molar-refractivity contribution in [3.63, 3.8) is 0 Å². The predicted octanol–water partition coefficient (Wildman–Crippen LogP) is 2.78. The molecule has 2 aromatic rings. The van der Waals surface area contributed by atoms with Gasteiger partial charge in [0.1, 0.15) is 23.5 Å². The maximum absolute atomic E-state index is 12.8. The summed E-state index contributed by atoms with van der Waals surface area (Å²) in [7, 11) is 0. The first-order chi connectivity index (χ1) is 13.7. The number of aromatic nitrogens is 4. The van der Waals surface area contributed by atoms with Crippen LogP contribution in [0.1, 0.15) is 27.2 Å². The predicted molar refractivity (Wildman–Crippen MR) is 103 cm³/mol. The Morgan fingerprint density at radius 2 is 2.00 bits per heavy atom. The molecule has 0 aliphatic carbocycles. The van der Waals surface area contributed by atoms with Gasteiger partial charge in [0.05, 0.1) is 12.4 Å². The van der Waals surface area contributed by atoms with Crippen molar-refractivity contribution in [2.45, 2.75) is 45.8 Å². The summed E-state index contributed by atoms with van der Waals surface area (Å²) < 4.78 is 32.2. The highest BCUT2D eigenvalue weighted by molar-refractivity contribution is 5.71. The highest BCUT2D eigenvalue weighted by Crippen LogP contribution is 2.33. The van der Waals surface area contributed by atoms with Crippen LogP contribution in [0.5, 0.6) is 0 Å². The van der Waals surface area contributed by atoms with Gasteiger partial charge in [0, 0.05) is 26.2 Å². The Hall–Kier alpha value is -2.52. The molecule has 0 bridgehead atoms. The maximum Gasteiger partial charge on any atom is 0.410 e. The first-order valence-corrected chi connectivity index (χ1v) is 9.89. The van der Waals surface area contributed by atoms with Crippen molar-refractivity contribution in [3.8, 4) is 0 Å². The van der Waals surface area contributed by atoms with E-state index in [0.29, 0.717) is 41.9 Å². The number of carbonyl (C=O) groups excluding carboxylic acids is 1. The average Bonchev–Trinajstić information content (AvgIpc) is 3.23. The zero-order valence-corrected chi connectivity index (χ0v) is 16.9. The van der Waals surface area contributed by atoms with E-state index in [1.165, 1.54) is 10.9 Å². The Kier molecular flexibility index (Phi) is 5.04. The van der Waals surface area contributed by atoms with Crippen LogP contribution in [0.2, 0.25) is 0 Å². The van der Waals surface area contributed by atoms with Crippen molar-refractivity contribution in [2.75, 3.05) is 31.1 Å². The Morgan fingerprint density at radius 1 is 1.24 bits per heavy atom. The van der Waals surface area contributed by atoms with Crippen LogP contribution in [-0.4, -0.2) is 68.9 Å². The van der Waals surface area contributed by atoms with E-state index in [0.717, 1.165) is 19.5 Å². The molecule has 158 valence electrons. The van der Waals surface area contributed by atoms with E-state index in [9.17, 15) is 13.6 Å². The molecule has 10 heteroatoms. The fourth-order valence-corrected chi connectivity index (χ4v) is 4.11. The van der Waals surface area contributed by atoms with Crippen molar-refractivity contribution in [1.82, 2.24) is 24.6 Å². The number of amides is 1. The van der Waals surface area contributed by atoms with E-state index in [2.05, 4.69) is 20.0 Å². The zero-order valence-electron chi connectivity index (χ0n) is 16.9. The van der Waals surface area contributed by atoms with Crippen LogP contribution in [0.15, 0.2) is 12.4 Å². The lowest BCUT2D eigenvalue weighted by Gasteiger charge is -2.34. The van der Waals surface area contributed by atoms with Gasteiger partial charge in [0.25, 0.3) is 6.43 Å². The van der Waals surface area contributed by atoms with Crippen LogP contribution in [0.25, 0.3) is 11.2 Å². The quantitative estimate of drug-likeness (QED) is 0.777. The molecule has 4 rings (SSSR count). The summed E-state index contributed by atoms with van der Waals surface area (Å²) in [6.07, 6.45) is 1.28. The number of ether oxygens (including phenoxy) is 1. The fourth-order valence-electron chi connectivity index (χ4n) is 4.11. The van der Waals surface area contributed by atoms with E-state index in [1.807, 2.05) is 20.8 Å². The largest absolute Gasteiger partial charge is 0.444 e. The summed E-state index contributed by atoms with van der Waals surface area (Å²) in [4.78, 5) is 25.2. The lowest BCUT2D eigenvalue weighted by Crippen LogP contribution is -2.40. The second-order valence-corrected chi connectivity index (χ2v) is 8.79. The minimum Gasteiger partial charge on any atom is -0.444 e. The van der Waals surface area contributed by atoms with E-state index in [4.69, 9.17) is 4.74 Å². The topological polar surface area (TPSA) is 76.4 Å². The minimum atomic E-state index is -2.50. The van der Waals surface area contributed by atoms with Crippen LogP contribution < -0.4 is 4.90 Å². The smallest absolute Gasteiger partial charge is 0.410 e. The molecule has 2 atom stereocenters. The van der Waals surface area contributed by atoms with Gasteiger partial charge in [0.15, 0.2) is 5.65 Å². The molecule has 0 spiro atoms. The molecule has 0 unspecified atom stereocenters. The molecule has 0 N–H and O–H groups in total. The number of hydrogen-bond acceptors (Lipinski definition) is 6. The molecule has 2 aliphatic rings. The highest BCUT2D eigenvalue weighted by Gasteiger charge is 2.40. The van der Waals surface area contributed by atoms with E-state index < -0.39 is 18.6 Å². The van der Waals surface area contributed by atoms with Crippen LogP contribution in [0, 0.1) is 11.8 Å². The van der Waals surface area contributed by atoms with Crippen molar-refractivity contribution in [3.05, 3.63) is 12.4 Å². The van der Waals surface area contributed by atoms with Crippen LogP contribution in [0.4, 0.5) is 19.4 Å². The lowest BCUT2D eigenvalue weighted by atomic mass is 9.89. The van der Waals surface area contributed by atoms with Crippen LogP contribution in [0.3, 0.4) is 0 Å². The Balaban J connectivity index is 1.46. The van der Waals surface area contributed by atoms with E-state index >= 15 is 0 Å². The molecule has 2 fully saturated rings. The number of halogens is 2. The molecule has 1 amide bonds. The third-order valence-electron chi connectivity index (χ3n) is 5.42. The average molecular weight is 408 g/mol. The lowest BCUT2D eigenvalue weighted by molar-refractivity contribution is 0.0285. The van der Waals surface area contributed by atoms with Gasteiger partial charge in [-0.1, -0.05) is 0 Å². The molecule has 4 heterocycles. The van der Waals surface area contributed by atoms with Gasteiger partial charge >= 0.3 is 6.09 Å². The summed E-state index contributed by atoms with van der Waals surface area (Å²) in [5.74, 6) is 1.40. The number of likely N-dealkylation sites (tertiary alicyclic amines) is 1. The third-order valence-corrected chi connectivity index (χ3v) is 5.42. The molecule has 0 radical (unpaired) electrons. The molecule has 0 saturated carbocycles. The molecular formula is C19H26F2N6O2. The first-order valence-electron chi connectivity index (χ1n) is 9.89. The number of piperidine rings is 1. The van der Waals surface area contributed by atoms with Crippen molar-refractivity contribution in [1.29, 1.82) is 0 Å². The van der Waals surface area contributed by atoms with E-state index in [-0.39, 0.29) is 6.09 Å². The van der Waals surface area contributed by atoms with Gasteiger partial charge in [-0.15, -0.1) is 0 Å². The number of rotatable bonds is 3. The zero-order chi connectivity index (χ0) is 20.8. The summed E-state index contributed by atoms with van der Waals surface area (Å²) >= 11 is 0. The molecule has 29 heavy (non-hydrogen) atoms. The summed E-state index contributed by atoms with van der Waals surface area (Å²) in [6, 6.07) is 0. The van der Waals surface area contributed by atoms with E-state index in [1.54, 1.807) is 11.1 Å². The highest BCUT2D eigenvalue weighted by atomic mass is 19.3. The van der Waals surface area contributed by atoms with Gasteiger partial charge in [-0.25, -0.2) is 28.2 Å². The van der Waals surface area contributed by atoms with Crippen LogP contribution >= 0.6 is 0 Å². The maximum atomic E-state index is 12.8. The Labute approximate surface area is 167 Å². The summed E-state index contributed by atoms with van der Waals surface area (Å²) in [5, 5.41) is 3.97. The minimum absolute atomic E-state index is 0.268. The first kappa shape index (κ1) is 19.8. The van der Waals surface area contributed by atoms with Crippen molar-refractivity contribution < 1.29 is 18.3 Å². The number of anilines is 1. The number of alkyl halides is 2. The van der Waals surface area contributed by atoms with Gasteiger partial charge < -0.3 is 14.5 Å². The van der Waals surface area contributed by atoms with Gasteiger partial charge in [-0.2, -0.15) is 5.10 Å². The van der Waals surface area contributed by atoms with Crippen molar-refractivity contribution >= 4 is 23.1 Å². The van der Waals surface area contributed by atoms with Crippen LogP contribution in [-0.2, 0) is 11.3 Å². The summed E-state index contributed by atoms with van der Waals surface area (Å²) in [6.45, 7) is 7.97. The number of carbonyl (C=O) groups is 1. The van der Waals surface area contributed by atoms with Crippen molar-refractivity contribution in [2.24, 2.45) is 11.8 Å². The second-order valence-electron chi connectivity index (χ2n) is 8.79. The molecule has 8 nitrogen and oxygen atoms in total. The molecule has 2 aromatic heterocycles. The molecule has 2 aliphatic heterocycles. The monoisotopic (exact) mass is 408 g/mol. The molecule has 2 saturated heterocycles. The third kappa shape index (κ3) is 4.25. The number of nitrogens with zero attached hydrogens (tertiary/aromatic N) is 6. The molecular weight excluding hydrogens is 382 g/mol. The molecule has 0 aromatic carbocycles. The number of fused-ring (bicyclic) bond motifs is 2. The Bertz CT molecular complexity index is 896. The normalized spacial score (nSPS) is 22.4. The SMILES string of the molecule is CC(C)(C)OC(=O)N1C[C@@H]2CCN(c3cnc4cnn(CC(F)F)c4n3)C[C@@H]2C1. The summed E-state index contributed by atoms with van der Waals surface area (Å²) in [5.41, 5.74) is 0.358. The number of hydrogen-bond donors (Lipinski definition) is 0. The Morgan fingerprint density at radius 3 is 2.72 bits per heavy atom. The fraction of sp³-hybridized carbons (Fsp3) is 0.684. The standard InChI is InChI=1S/C19H26F2N6O2/c1-19(2,3)29-18(28)26-8-12-4-5-25(9-13(12)10-26)16-7-22-14-6-23-27(11-15(20)21)17(14)24-16/h6-7,12-13,15H,4-5,8-11H2,1-3H3/t12-,13+/m0/s1. The van der Waals surface area contributed by atoms with Gasteiger partial charge in [-0.05, 0) is 39.0 Å². The second kappa shape index (κ2) is 7.38.